The van der Waals surface area contributed by atoms with Gasteiger partial charge in [0.2, 0.25) is 11.8 Å². The summed E-state index contributed by atoms with van der Waals surface area (Å²) in [4.78, 5) is 27.8. The van der Waals surface area contributed by atoms with Gasteiger partial charge < -0.3 is 15.0 Å². The Morgan fingerprint density at radius 1 is 1.10 bits per heavy atom. The maximum atomic E-state index is 13.2. The zero-order valence-electron chi connectivity index (χ0n) is 18.4. The molecule has 1 saturated carbocycles. The number of rotatable bonds is 10. The van der Waals surface area contributed by atoms with Gasteiger partial charge in [-0.2, -0.15) is 0 Å². The SMILES string of the molecule is COc1cccc(CN(C(=O)CSCc2ccccc2)[C@@H](C)C(=O)NC2CCCC2)c1. The minimum atomic E-state index is -0.531. The zero-order chi connectivity index (χ0) is 22.1. The van der Waals surface area contributed by atoms with Crippen molar-refractivity contribution < 1.29 is 14.3 Å². The van der Waals surface area contributed by atoms with Crippen LogP contribution in [0.1, 0.15) is 43.7 Å². The molecule has 6 heteroatoms. The molecule has 1 aliphatic rings. The monoisotopic (exact) mass is 440 g/mol. The molecule has 0 heterocycles. The maximum absolute atomic E-state index is 13.2. The summed E-state index contributed by atoms with van der Waals surface area (Å²) in [5.41, 5.74) is 2.13. The summed E-state index contributed by atoms with van der Waals surface area (Å²) in [6.45, 7) is 2.20. The fourth-order valence-electron chi connectivity index (χ4n) is 3.86. The van der Waals surface area contributed by atoms with Gasteiger partial charge in [-0.05, 0) is 43.0 Å². The van der Waals surface area contributed by atoms with Gasteiger partial charge in [0, 0.05) is 18.3 Å². The number of carbonyl (C=O) groups is 2. The summed E-state index contributed by atoms with van der Waals surface area (Å²) in [5, 5.41) is 3.14. The number of hydrogen-bond donors (Lipinski definition) is 1. The van der Waals surface area contributed by atoms with Crippen molar-refractivity contribution in [1.82, 2.24) is 10.2 Å². The van der Waals surface area contributed by atoms with Gasteiger partial charge in [0.1, 0.15) is 11.8 Å². The van der Waals surface area contributed by atoms with Crippen molar-refractivity contribution in [2.45, 2.75) is 57.0 Å². The minimum Gasteiger partial charge on any atom is -0.497 e. The molecule has 5 nitrogen and oxygen atoms in total. The second kappa shape index (κ2) is 11.8. The van der Waals surface area contributed by atoms with E-state index in [0.29, 0.717) is 12.3 Å². The summed E-state index contributed by atoms with van der Waals surface area (Å²) in [6, 6.07) is 17.5. The van der Waals surface area contributed by atoms with Gasteiger partial charge >= 0.3 is 0 Å². The standard InChI is InChI=1S/C25H32N2O3S/c1-19(25(29)26-22-12-6-7-13-22)27(16-21-11-8-14-23(15-21)30-2)24(28)18-31-17-20-9-4-3-5-10-20/h3-5,8-11,14-15,19,22H,6-7,12-13,16-18H2,1-2H3,(H,26,29)/t19-/m0/s1. The highest BCUT2D eigenvalue weighted by atomic mass is 32.2. The van der Waals surface area contributed by atoms with E-state index in [1.165, 1.54) is 5.56 Å². The number of amides is 2. The average Bonchev–Trinajstić information content (AvgIpc) is 3.30. The van der Waals surface area contributed by atoms with Crippen LogP contribution in [0.4, 0.5) is 0 Å². The predicted octanol–water partition coefficient (Wildman–Crippen LogP) is 4.40. The number of methoxy groups -OCH3 is 1. The first-order valence-corrected chi connectivity index (χ1v) is 12.1. The Balaban J connectivity index is 1.67. The van der Waals surface area contributed by atoms with Gasteiger partial charge in [0.25, 0.3) is 0 Å². The summed E-state index contributed by atoms with van der Waals surface area (Å²) in [5.74, 6) is 1.74. The molecule has 0 bridgehead atoms. The van der Waals surface area contributed by atoms with E-state index in [1.54, 1.807) is 23.8 Å². The second-order valence-corrected chi connectivity index (χ2v) is 9.00. The van der Waals surface area contributed by atoms with Crippen molar-refractivity contribution in [2.24, 2.45) is 0 Å². The molecule has 31 heavy (non-hydrogen) atoms. The van der Waals surface area contributed by atoms with E-state index < -0.39 is 6.04 Å². The third-order valence-electron chi connectivity index (χ3n) is 5.69. The number of benzene rings is 2. The lowest BCUT2D eigenvalue weighted by Gasteiger charge is -2.29. The molecule has 0 aromatic heterocycles. The van der Waals surface area contributed by atoms with E-state index in [0.717, 1.165) is 42.7 Å². The number of nitrogens with one attached hydrogen (secondary N) is 1. The zero-order valence-corrected chi connectivity index (χ0v) is 19.2. The van der Waals surface area contributed by atoms with Crippen LogP contribution in [-0.4, -0.2) is 41.7 Å². The number of ether oxygens (including phenoxy) is 1. The summed E-state index contributed by atoms with van der Waals surface area (Å²) in [6.07, 6.45) is 4.36. The van der Waals surface area contributed by atoms with Crippen LogP contribution in [0.5, 0.6) is 5.75 Å². The highest BCUT2D eigenvalue weighted by molar-refractivity contribution is 7.99. The van der Waals surface area contributed by atoms with Crippen LogP contribution >= 0.6 is 11.8 Å². The molecule has 0 saturated heterocycles. The molecule has 1 atom stereocenters. The largest absolute Gasteiger partial charge is 0.497 e. The number of thioether (sulfide) groups is 1. The van der Waals surface area contributed by atoms with E-state index in [9.17, 15) is 9.59 Å². The normalized spacial score (nSPS) is 14.8. The molecule has 0 aliphatic heterocycles. The van der Waals surface area contributed by atoms with Crippen molar-refractivity contribution in [1.29, 1.82) is 0 Å². The van der Waals surface area contributed by atoms with Crippen LogP contribution in [0.3, 0.4) is 0 Å². The molecule has 1 fully saturated rings. The van der Waals surface area contributed by atoms with Crippen LogP contribution in [0, 0.1) is 0 Å². The quantitative estimate of drug-likeness (QED) is 0.595. The fourth-order valence-corrected chi connectivity index (χ4v) is 4.73. The molecule has 2 amide bonds. The molecule has 0 unspecified atom stereocenters. The second-order valence-electron chi connectivity index (χ2n) is 8.02. The lowest BCUT2D eigenvalue weighted by Crippen LogP contribution is -2.50. The van der Waals surface area contributed by atoms with Crippen molar-refractivity contribution >= 4 is 23.6 Å². The van der Waals surface area contributed by atoms with Gasteiger partial charge in [-0.1, -0.05) is 55.3 Å². The van der Waals surface area contributed by atoms with E-state index >= 15 is 0 Å². The van der Waals surface area contributed by atoms with E-state index in [-0.39, 0.29) is 17.9 Å². The topological polar surface area (TPSA) is 58.6 Å². The first kappa shape index (κ1) is 23.2. The lowest BCUT2D eigenvalue weighted by atomic mass is 10.1. The van der Waals surface area contributed by atoms with Crippen molar-refractivity contribution in [3.63, 3.8) is 0 Å². The van der Waals surface area contributed by atoms with Crippen LogP contribution in [0.15, 0.2) is 54.6 Å². The third-order valence-corrected chi connectivity index (χ3v) is 6.68. The van der Waals surface area contributed by atoms with E-state index in [2.05, 4.69) is 17.4 Å². The van der Waals surface area contributed by atoms with Gasteiger partial charge in [-0.25, -0.2) is 0 Å². The molecule has 166 valence electrons. The first-order valence-electron chi connectivity index (χ1n) is 10.9. The van der Waals surface area contributed by atoms with Gasteiger partial charge in [0.05, 0.1) is 12.9 Å². The molecule has 1 aliphatic carbocycles. The Bertz CT molecular complexity index is 853. The Labute approximate surface area is 189 Å². The number of carbonyl (C=O) groups excluding carboxylic acids is 2. The number of nitrogens with zero attached hydrogens (tertiary/aromatic N) is 1. The van der Waals surface area contributed by atoms with Crippen LogP contribution in [-0.2, 0) is 21.9 Å². The van der Waals surface area contributed by atoms with Crippen LogP contribution in [0.2, 0.25) is 0 Å². The lowest BCUT2D eigenvalue weighted by molar-refractivity contribution is -0.138. The van der Waals surface area contributed by atoms with Crippen molar-refractivity contribution in [3.8, 4) is 5.75 Å². The molecule has 3 rings (SSSR count). The van der Waals surface area contributed by atoms with Gasteiger partial charge in [-0.15, -0.1) is 11.8 Å². The Morgan fingerprint density at radius 2 is 1.81 bits per heavy atom. The molecular weight excluding hydrogens is 408 g/mol. The first-order chi connectivity index (χ1) is 15.1. The maximum Gasteiger partial charge on any atom is 0.242 e. The van der Waals surface area contributed by atoms with E-state index in [4.69, 9.17) is 4.74 Å². The summed E-state index contributed by atoms with van der Waals surface area (Å²) in [7, 11) is 1.62. The van der Waals surface area contributed by atoms with Crippen LogP contribution < -0.4 is 10.1 Å². The van der Waals surface area contributed by atoms with Crippen LogP contribution in [0.25, 0.3) is 0 Å². The third kappa shape index (κ3) is 7.03. The summed E-state index contributed by atoms with van der Waals surface area (Å²) < 4.78 is 5.32. The molecule has 0 spiro atoms. The average molecular weight is 441 g/mol. The molecule has 2 aromatic carbocycles. The van der Waals surface area contributed by atoms with Gasteiger partial charge in [-0.3, -0.25) is 9.59 Å². The van der Waals surface area contributed by atoms with Crippen molar-refractivity contribution in [2.75, 3.05) is 12.9 Å². The highest BCUT2D eigenvalue weighted by Crippen LogP contribution is 2.20. The molecule has 1 N–H and O–H groups in total. The van der Waals surface area contributed by atoms with E-state index in [1.807, 2.05) is 49.4 Å². The van der Waals surface area contributed by atoms with Gasteiger partial charge in [0.15, 0.2) is 0 Å². The molecular formula is C25H32N2O3S. The summed E-state index contributed by atoms with van der Waals surface area (Å²) >= 11 is 1.58. The molecule has 2 aromatic rings. The predicted molar refractivity (Wildman–Crippen MR) is 126 cm³/mol. The Hall–Kier alpha value is -2.47. The number of hydrogen-bond acceptors (Lipinski definition) is 4. The minimum absolute atomic E-state index is 0.0298. The smallest absolute Gasteiger partial charge is 0.242 e. The fraction of sp³-hybridized carbons (Fsp3) is 0.440. The Morgan fingerprint density at radius 3 is 2.52 bits per heavy atom. The van der Waals surface area contributed by atoms with Crippen molar-refractivity contribution in [3.05, 3.63) is 65.7 Å². The Kier molecular flexibility index (Phi) is 8.83. The molecule has 0 radical (unpaired) electrons. The highest BCUT2D eigenvalue weighted by Gasteiger charge is 2.28.